The van der Waals surface area contributed by atoms with Crippen LogP contribution in [-0.4, -0.2) is 10.1 Å². The van der Waals surface area contributed by atoms with Crippen LogP contribution >= 0.6 is 15.9 Å². The van der Waals surface area contributed by atoms with E-state index in [4.69, 9.17) is 5.73 Å². The lowest BCUT2D eigenvalue weighted by molar-refractivity contribution is 0.475. The fourth-order valence-electron chi connectivity index (χ4n) is 1.39. The van der Waals surface area contributed by atoms with Crippen molar-refractivity contribution in [1.82, 2.24) is 4.98 Å². The molecular formula is C11H9BrN2O2. The number of phenols is 1. The molecule has 4 N–H and O–H groups in total. The fraction of sp³-hybridized carbons (Fsp3) is 0. The van der Waals surface area contributed by atoms with Gasteiger partial charge in [0.15, 0.2) is 0 Å². The highest BCUT2D eigenvalue weighted by Crippen LogP contribution is 2.27. The van der Waals surface area contributed by atoms with Crippen LogP contribution in [0.1, 0.15) is 0 Å². The Morgan fingerprint density at radius 2 is 2.06 bits per heavy atom. The van der Waals surface area contributed by atoms with Gasteiger partial charge >= 0.3 is 0 Å². The van der Waals surface area contributed by atoms with Crippen molar-refractivity contribution >= 4 is 21.6 Å². The zero-order valence-corrected chi connectivity index (χ0v) is 9.78. The van der Waals surface area contributed by atoms with E-state index in [1.54, 1.807) is 24.3 Å². The van der Waals surface area contributed by atoms with Crippen LogP contribution < -0.4 is 11.3 Å². The molecule has 0 amide bonds. The van der Waals surface area contributed by atoms with E-state index in [0.717, 1.165) is 0 Å². The van der Waals surface area contributed by atoms with Gasteiger partial charge in [-0.15, -0.1) is 0 Å². The van der Waals surface area contributed by atoms with Crippen molar-refractivity contribution in [3.8, 4) is 17.0 Å². The van der Waals surface area contributed by atoms with E-state index in [1.165, 1.54) is 6.07 Å². The number of phenolic OH excluding ortho intramolecular Hbond substituents is 1. The molecule has 0 saturated heterocycles. The van der Waals surface area contributed by atoms with E-state index in [1.807, 2.05) is 0 Å². The number of hydrogen-bond acceptors (Lipinski definition) is 3. The molecule has 0 atom stereocenters. The third-order valence-electron chi connectivity index (χ3n) is 2.16. The molecule has 5 heteroatoms. The Labute approximate surface area is 99.9 Å². The van der Waals surface area contributed by atoms with Crippen molar-refractivity contribution in [3.63, 3.8) is 0 Å². The highest BCUT2D eigenvalue weighted by Gasteiger charge is 2.07. The highest BCUT2D eigenvalue weighted by molar-refractivity contribution is 9.10. The first kappa shape index (κ1) is 10.8. The molecule has 0 unspecified atom stereocenters. The largest absolute Gasteiger partial charge is 0.508 e. The number of aromatic hydroxyl groups is 1. The Hall–Kier alpha value is -1.75. The number of benzene rings is 1. The van der Waals surface area contributed by atoms with Crippen LogP contribution in [0, 0.1) is 0 Å². The van der Waals surface area contributed by atoms with Crippen LogP contribution in [-0.2, 0) is 0 Å². The molecule has 0 bridgehead atoms. The van der Waals surface area contributed by atoms with Crippen molar-refractivity contribution < 1.29 is 5.11 Å². The third kappa shape index (κ3) is 1.94. The zero-order chi connectivity index (χ0) is 11.7. The topological polar surface area (TPSA) is 79.1 Å². The Morgan fingerprint density at radius 1 is 1.31 bits per heavy atom. The maximum atomic E-state index is 11.4. The van der Waals surface area contributed by atoms with E-state index in [9.17, 15) is 9.90 Å². The van der Waals surface area contributed by atoms with E-state index in [0.29, 0.717) is 15.7 Å². The molecule has 4 nitrogen and oxygen atoms in total. The van der Waals surface area contributed by atoms with Gasteiger partial charge in [0.1, 0.15) is 5.75 Å². The number of nitrogen functional groups attached to an aromatic ring is 1. The molecule has 0 aliphatic rings. The van der Waals surface area contributed by atoms with Crippen LogP contribution in [0.15, 0.2) is 39.6 Å². The highest BCUT2D eigenvalue weighted by atomic mass is 79.9. The Morgan fingerprint density at radius 3 is 2.75 bits per heavy atom. The fourth-order valence-corrected chi connectivity index (χ4v) is 1.97. The summed E-state index contributed by atoms with van der Waals surface area (Å²) in [6, 6.07) is 8.15. The smallest absolute Gasteiger partial charge is 0.271 e. The molecule has 0 radical (unpaired) electrons. The zero-order valence-electron chi connectivity index (χ0n) is 8.20. The quantitative estimate of drug-likeness (QED) is 0.748. The normalized spacial score (nSPS) is 10.3. The minimum absolute atomic E-state index is 0.141. The maximum absolute atomic E-state index is 11.4. The summed E-state index contributed by atoms with van der Waals surface area (Å²) in [5.41, 5.74) is 6.58. The molecule has 2 aromatic rings. The number of aromatic amines is 1. The number of nitrogens with two attached hydrogens (primary N) is 1. The lowest BCUT2D eigenvalue weighted by Gasteiger charge is -2.05. The monoisotopic (exact) mass is 280 g/mol. The molecule has 16 heavy (non-hydrogen) atoms. The summed E-state index contributed by atoms with van der Waals surface area (Å²) < 4.78 is 0.676. The van der Waals surface area contributed by atoms with E-state index in [-0.39, 0.29) is 17.0 Å². The summed E-state index contributed by atoms with van der Waals surface area (Å²) >= 11 is 3.31. The van der Waals surface area contributed by atoms with Crippen molar-refractivity contribution in [2.75, 3.05) is 5.73 Å². The number of nitrogens with one attached hydrogen (secondary N) is 1. The maximum Gasteiger partial charge on any atom is 0.271 e. The first-order chi connectivity index (χ1) is 7.58. The number of halogens is 1. The number of anilines is 1. The average molecular weight is 281 g/mol. The first-order valence-corrected chi connectivity index (χ1v) is 5.35. The summed E-state index contributed by atoms with van der Waals surface area (Å²) in [4.78, 5) is 14.0. The van der Waals surface area contributed by atoms with Gasteiger partial charge in [-0.2, -0.15) is 0 Å². The van der Waals surface area contributed by atoms with Gasteiger partial charge in [0.2, 0.25) is 0 Å². The van der Waals surface area contributed by atoms with Crippen LogP contribution in [0.4, 0.5) is 5.69 Å². The van der Waals surface area contributed by atoms with Crippen molar-refractivity contribution in [3.05, 3.63) is 45.2 Å². The van der Waals surface area contributed by atoms with Crippen molar-refractivity contribution in [1.29, 1.82) is 0 Å². The molecule has 1 heterocycles. The molecule has 0 aliphatic heterocycles. The SMILES string of the molecule is Nc1cc(Br)c(-c2cccc(O)c2)[nH]c1=O. The minimum Gasteiger partial charge on any atom is -0.508 e. The van der Waals surface area contributed by atoms with Gasteiger partial charge in [0.05, 0.1) is 11.4 Å². The van der Waals surface area contributed by atoms with Gasteiger partial charge in [-0.25, -0.2) is 0 Å². The second kappa shape index (κ2) is 4.02. The lowest BCUT2D eigenvalue weighted by atomic mass is 10.1. The standard InChI is InChI=1S/C11H9BrN2O2/c12-8-5-9(13)11(16)14-10(8)6-2-1-3-7(15)4-6/h1-5,15H,13H2,(H,14,16). The van der Waals surface area contributed by atoms with Crippen LogP contribution in [0.25, 0.3) is 11.3 Å². The predicted octanol–water partition coefficient (Wildman–Crippen LogP) is 2.09. The number of aromatic nitrogens is 1. The van der Waals surface area contributed by atoms with Crippen molar-refractivity contribution in [2.45, 2.75) is 0 Å². The van der Waals surface area contributed by atoms with Crippen molar-refractivity contribution in [2.24, 2.45) is 0 Å². The Balaban J connectivity index is 2.65. The van der Waals surface area contributed by atoms with Gasteiger partial charge < -0.3 is 15.8 Å². The van der Waals surface area contributed by atoms with Crippen LogP contribution in [0.3, 0.4) is 0 Å². The van der Waals surface area contributed by atoms with E-state index >= 15 is 0 Å². The number of hydrogen-bond donors (Lipinski definition) is 3. The summed E-state index contributed by atoms with van der Waals surface area (Å²) in [6.45, 7) is 0. The van der Waals surface area contributed by atoms with Crippen LogP contribution in [0.5, 0.6) is 5.75 Å². The second-order valence-corrected chi connectivity index (χ2v) is 4.18. The summed E-state index contributed by atoms with van der Waals surface area (Å²) in [7, 11) is 0. The minimum atomic E-state index is -0.346. The van der Waals surface area contributed by atoms with E-state index in [2.05, 4.69) is 20.9 Å². The molecule has 0 aliphatic carbocycles. The van der Waals surface area contributed by atoms with Gasteiger partial charge in [-0.1, -0.05) is 12.1 Å². The number of H-pyrrole nitrogens is 1. The molecular weight excluding hydrogens is 272 g/mol. The molecule has 0 saturated carbocycles. The number of pyridine rings is 1. The molecule has 2 rings (SSSR count). The first-order valence-electron chi connectivity index (χ1n) is 4.55. The summed E-state index contributed by atoms with van der Waals surface area (Å²) in [5, 5.41) is 9.36. The lowest BCUT2D eigenvalue weighted by Crippen LogP contribution is -2.12. The average Bonchev–Trinajstić information content (AvgIpc) is 2.23. The number of rotatable bonds is 1. The molecule has 0 spiro atoms. The predicted molar refractivity (Wildman–Crippen MR) is 66.3 cm³/mol. The molecule has 82 valence electrons. The van der Waals surface area contributed by atoms with E-state index < -0.39 is 0 Å². The Kier molecular flexibility index (Phi) is 2.70. The summed E-state index contributed by atoms with van der Waals surface area (Å²) in [5.74, 6) is 0.141. The molecule has 0 fully saturated rings. The van der Waals surface area contributed by atoms with Gasteiger partial charge in [0, 0.05) is 10.0 Å². The molecule has 1 aromatic heterocycles. The Bertz CT molecular complexity index is 593. The third-order valence-corrected chi connectivity index (χ3v) is 2.78. The second-order valence-electron chi connectivity index (χ2n) is 3.33. The molecule has 1 aromatic carbocycles. The van der Waals surface area contributed by atoms with Gasteiger partial charge in [0.25, 0.3) is 5.56 Å². The van der Waals surface area contributed by atoms with Gasteiger partial charge in [-0.3, -0.25) is 4.79 Å². The summed E-state index contributed by atoms with van der Waals surface area (Å²) in [6.07, 6.45) is 0. The van der Waals surface area contributed by atoms with Gasteiger partial charge in [-0.05, 0) is 34.1 Å². The van der Waals surface area contributed by atoms with Crippen LogP contribution in [0.2, 0.25) is 0 Å².